The molecule has 3 fully saturated rings. The van der Waals surface area contributed by atoms with E-state index in [0.29, 0.717) is 68.5 Å². The number of hydrogen-bond acceptors (Lipinski definition) is 8. The van der Waals surface area contributed by atoms with Crippen LogP contribution in [0.3, 0.4) is 0 Å². The second kappa shape index (κ2) is 16.9. The summed E-state index contributed by atoms with van der Waals surface area (Å²) in [6, 6.07) is 5.99. The minimum atomic E-state index is -0.578. The molecule has 4 rings (SSSR count). The van der Waals surface area contributed by atoms with E-state index >= 15 is 0 Å². The van der Waals surface area contributed by atoms with Gasteiger partial charge in [0, 0.05) is 71.5 Å². The fraction of sp³-hybridized carbons (Fsp3) is 0.778. The Kier molecular flexibility index (Phi) is 13.3. The van der Waals surface area contributed by atoms with Gasteiger partial charge in [-0.3, -0.25) is 4.79 Å². The van der Waals surface area contributed by atoms with Crippen LogP contribution >= 0.6 is 0 Å². The molecular weight excluding hydrogens is 588 g/mol. The molecule has 1 aromatic rings. The van der Waals surface area contributed by atoms with E-state index in [2.05, 4.69) is 18.7 Å². The van der Waals surface area contributed by atoms with E-state index in [1.807, 2.05) is 43.9 Å². The van der Waals surface area contributed by atoms with Gasteiger partial charge in [-0.05, 0) is 88.7 Å². The average Bonchev–Trinajstić information content (AvgIpc) is 3.77. The molecule has 260 valence electrons. The van der Waals surface area contributed by atoms with Crippen LogP contribution in [-0.2, 0) is 19.0 Å². The SMILES string of the molecule is COCCCOc1cc(O[C@@H](C[C@@H]2CN(C(=O)OC(C)(C)C)C[C@H]2CN(C(=O)CC2CCOCC2)C2CC2)C(C)C)ccc1OC. The number of hydrogen-bond donors (Lipinski definition) is 0. The molecule has 1 saturated carbocycles. The van der Waals surface area contributed by atoms with Gasteiger partial charge in [-0.25, -0.2) is 4.79 Å². The Labute approximate surface area is 276 Å². The van der Waals surface area contributed by atoms with E-state index in [9.17, 15) is 9.59 Å². The smallest absolute Gasteiger partial charge is 0.410 e. The van der Waals surface area contributed by atoms with Crippen LogP contribution in [0.2, 0.25) is 0 Å². The highest BCUT2D eigenvalue weighted by Gasteiger charge is 2.43. The van der Waals surface area contributed by atoms with Gasteiger partial charge in [0.25, 0.3) is 0 Å². The fourth-order valence-electron chi connectivity index (χ4n) is 6.45. The first-order valence-corrected chi connectivity index (χ1v) is 17.3. The van der Waals surface area contributed by atoms with Crippen molar-refractivity contribution in [3.05, 3.63) is 18.2 Å². The van der Waals surface area contributed by atoms with Crippen molar-refractivity contribution < 1.29 is 38.0 Å². The molecule has 1 aromatic carbocycles. The first kappa shape index (κ1) is 36.1. The minimum absolute atomic E-state index is 0.104. The number of carbonyl (C=O) groups is 2. The average molecular weight is 647 g/mol. The predicted octanol–water partition coefficient (Wildman–Crippen LogP) is 6.19. The van der Waals surface area contributed by atoms with Crippen molar-refractivity contribution in [1.82, 2.24) is 9.80 Å². The zero-order valence-corrected chi connectivity index (χ0v) is 29.3. The first-order valence-electron chi connectivity index (χ1n) is 17.3. The lowest BCUT2D eigenvalue weighted by atomic mass is 9.86. The quantitative estimate of drug-likeness (QED) is 0.196. The topological polar surface area (TPSA) is 96.0 Å². The van der Waals surface area contributed by atoms with Crippen LogP contribution in [-0.4, -0.2) is 99.8 Å². The van der Waals surface area contributed by atoms with Crippen molar-refractivity contribution in [2.45, 2.75) is 97.3 Å². The van der Waals surface area contributed by atoms with Crippen molar-refractivity contribution >= 4 is 12.0 Å². The van der Waals surface area contributed by atoms with E-state index in [-0.39, 0.29) is 35.9 Å². The van der Waals surface area contributed by atoms with Crippen LogP contribution in [0.15, 0.2) is 18.2 Å². The van der Waals surface area contributed by atoms with Gasteiger partial charge in [-0.1, -0.05) is 13.8 Å². The van der Waals surface area contributed by atoms with Crippen molar-refractivity contribution in [3.8, 4) is 17.2 Å². The maximum absolute atomic E-state index is 13.7. The molecule has 0 unspecified atom stereocenters. The molecule has 0 aromatic heterocycles. The first-order chi connectivity index (χ1) is 22.0. The number of carbonyl (C=O) groups excluding carboxylic acids is 2. The van der Waals surface area contributed by atoms with E-state index in [4.69, 9.17) is 28.4 Å². The molecule has 2 amide bonds. The lowest BCUT2D eigenvalue weighted by Gasteiger charge is -2.32. The van der Waals surface area contributed by atoms with Crippen molar-refractivity contribution in [2.75, 3.05) is 60.3 Å². The Bertz CT molecular complexity index is 1110. The number of amides is 2. The van der Waals surface area contributed by atoms with E-state index in [0.717, 1.165) is 51.7 Å². The molecular formula is C36H58N2O8. The summed E-state index contributed by atoms with van der Waals surface area (Å²) in [4.78, 5) is 30.9. The Morgan fingerprint density at radius 1 is 1.00 bits per heavy atom. The number of benzene rings is 1. The monoisotopic (exact) mass is 646 g/mol. The van der Waals surface area contributed by atoms with Crippen LogP contribution < -0.4 is 14.2 Å². The lowest BCUT2D eigenvalue weighted by Crippen LogP contribution is -2.41. The highest BCUT2D eigenvalue weighted by Crippen LogP contribution is 2.37. The van der Waals surface area contributed by atoms with Crippen LogP contribution in [0.1, 0.15) is 79.6 Å². The van der Waals surface area contributed by atoms with Gasteiger partial charge in [0.15, 0.2) is 11.5 Å². The second-order valence-electron chi connectivity index (χ2n) is 14.6. The molecule has 0 N–H and O–H groups in total. The van der Waals surface area contributed by atoms with Crippen LogP contribution in [0.4, 0.5) is 4.79 Å². The summed E-state index contributed by atoms with van der Waals surface area (Å²) < 4.78 is 34.7. The molecule has 0 spiro atoms. The molecule has 2 aliphatic heterocycles. The largest absolute Gasteiger partial charge is 0.493 e. The molecule has 10 heteroatoms. The predicted molar refractivity (Wildman–Crippen MR) is 177 cm³/mol. The molecule has 0 bridgehead atoms. The van der Waals surface area contributed by atoms with Gasteiger partial charge in [-0.2, -0.15) is 0 Å². The lowest BCUT2D eigenvalue weighted by molar-refractivity contribution is -0.134. The summed E-state index contributed by atoms with van der Waals surface area (Å²) in [5.41, 5.74) is -0.578. The highest BCUT2D eigenvalue weighted by molar-refractivity contribution is 5.77. The number of nitrogens with zero attached hydrogens (tertiary/aromatic N) is 2. The van der Waals surface area contributed by atoms with Gasteiger partial charge in [0.1, 0.15) is 17.5 Å². The molecule has 3 aliphatic rings. The summed E-state index contributed by atoms with van der Waals surface area (Å²) in [5, 5.41) is 0. The van der Waals surface area contributed by atoms with Crippen molar-refractivity contribution in [2.24, 2.45) is 23.7 Å². The summed E-state index contributed by atoms with van der Waals surface area (Å²) in [5.74, 6) is 3.14. The van der Waals surface area contributed by atoms with Crippen LogP contribution in [0.5, 0.6) is 17.2 Å². The Morgan fingerprint density at radius 2 is 1.72 bits per heavy atom. The van der Waals surface area contributed by atoms with E-state index in [1.165, 1.54) is 0 Å². The number of rotatable bonds is 16. The summed E-state index contributed by atoms with van der Waals surface area (Å²) in [6.45, 7) is 14.4. The van der Waals surface area contributed by atoms with E-state index < -0.39 is 5.60 Å². The summed E-state index contributed by atoms with van der Waals surface area (Å²) >= 11 is 0. The Morgan fingerprint density at radius 3 is 2.35 bits per heavy atom. The molecule has 46 heavy (non-hydrogen) atoms. The van der Waals surface area contributed by atoms with Crippen molar-refractivity contribution in [3.63, 3.8) is 0 Å². The van der Waals surface area contributed by atoms with Crippen LogP contribution in [0.25, 0.3) is 0 Å². The standard InChI is InChI=1S/C36H58N2O8/c1-25(2)32(45-30-11-12-31(42-7)33(21-30)44-16-8-15-41-6)20-27-22-37(35(40)46-36(3,4)5)23-28(27)24-38(29-9-10-29)34(39)19-26-13-17-43-18-14-26/h11-12,21,25-29,32H,8-10,13-20,22-24H2,1-7H3/t27-,28+,32+/m1/s1. The zero-order valence-electron chi connectivity index (χ0n) is 29.3. The summed E-state index contributed by atoms with van der Waals surface area (Å²) in [7, 11) is 3.31. The minimum Gasteiger partial charge on any atom is -0.493 e. The van der Waals surface area contributed by atoms with E-state index in [1.54, 1.807) is 14.2 Å². The number of methoxy groups -OCH3 is 2. The third-order valence-corrected chi connectivity index (χ3v) is 9.22. The molecule has 2 heterocycles. The number of likely N-dealkylation sites (tertiary alicyclic amines) is 1. The van der Waals surface area contributed by atoms with Gasteiger partial charge in [0.05, 0.1) is 13.7 Å². The second-order valence-corrected chi connectivity index (χ2v) is 14.6. The van der Waals surface area contributed by atoms with Crippen molar-refractivity contribution in [1.29, 1.82) is 0 Å². The van der Waals surface area contributed by atoms with Gasteiger partial charge in [-0.15, -0.1) is 0 Å². The molecule has 0 radical (unpaired) electrons. The molecule has 1 aliphatic carbocycles. The number of ether oxygens (including phenoxy) is 6. The third-order valence-electron chi connectivity index (χ3n) is 9.22. The maximum Gasteiger partial charge on any atom is 0.410 e. The van der Waals surface area contributed by atoms with Gasteiger partial charge < -0.3 is 38.2 Å². The molecule has 3 atom stereocenters. The Hall–Kier alpha value is -2.72. The Balaban J connectivity index is 1.49. The zero-order chi connectivity index (χ0) is 33.3. The van der Waals surface area contributed by atoms with Gasteiger partial charge >= 0.3 is 6.09 Å². The molecule has 10 nitrogen and oxygen atoms in total. The summed E-state index contributed by atoms with van der Waals surface area (Å²) in [6.07, 6.45) is 5.71. The third kappa shape index (κ3) is 10.9. The van der Waals surface area contributed by atoms with Gasteiger partial charge in [0.2, 0.25) is 5.91 Å². The molecule has 2 saturated heterocycles. The maximum atomic E-state index is 13.7. The fourth-order valence-corrected chi connectivity index (χ4v) is 6.45. The van der Waals surface area contributed by atoms with Crippen LogP contribution in [0, 0.1) is 23.7 Å². The normalized spacial score (nSPS) is 21.3. The highest BCUT2D eigenvalue weighted by atomic mass is 16.6.